The number of benzene rings is 1. The van der Waals surface area contributed by atoms with Crippen LogP contribution in [0.3, 0.4) is 0 Å². The van der Waals surface area contributed by atoms with Crippen LogP contribution in [0.1, 0.15) is 19.8 Å². The van der Waals surface area contributed by atoms with E-state index < -0.39 is 9.84 Å². The highest BCUT2D eigenvalue weighted by atomic mass is 127. The van der Waals surface area contributed by atoms with E-state index in [2.05, 4.69) is 15.6 Å². The van der Waals surface area contributed by atoms with Crippen LogP contribution in [0.25, 0.3) is 0 Å². The maximum Gasteiger partial charge on any atom is 0.191 e. The minimum Gasteiger partial charge on any atom is -0.497 e. The summed E-state index contributed by atoms with van der Waals surface area (Å²) in [7, 11) is 0.366. The number of hydrogen-bond donors (Lipinski definition) is 2. The molecule has 0 radical (unpaired) electrons. The Kier molecular flexibility index (Phi) is 12.4. The summed E-state index contributed by atoms with van der Waals surface area (Å²) < 4.78 is 33.2. The Labute approximate surface area is 173 Å². The van der Waals surface area contributed by atoms with Crippen LogP contribution in [0.2, 0.25) is 0 Å². The van der Waals surface area contributed by atoms with E-state index in [0.717, 1.165) is 17.9 Å². The lowest BCUT2D eigenvalue weighted by atomic mass is 10.3. The first kappa shape index (κ1) is 24.8. The third-order valence-electron chi connectivity index (χ3n) is 3.45. The summed E-state index contributed by atoms with van der Waals surface area (Å²) in [4.78, 5) is 4.14. The number of nitrogens with one attached hydrogen (secondary N) is 2. The van der Waals surface area contributed by atoms with Crippen molar-refractivity contribution in [3.63, 3.8) is 0 Å². The third kappa shape index (κ3) is 11.4. The molecule has 0 aliphatic rings. The first-order chi connectivity index (χ1) is 11.8. The average Bonchev–Trinajstić information content (AvgIpc) is 2.58. The summed E-state index contributed by atoms with van der Waals surface area (Å²) in [5, 5.41) is 6.37. The quantitative estimate of drug-likeness (QED) is 0.222. The SMILES string of the molecule is CN=C(NCCCOc1cccc(OC)c1)NC(C)CCS(C)(=O)=O.I. The number of hydrogen-bond acceptors (Lipinski definition) is 5. The highest BCUT2D eigenvalue weighted by molar-refractivity contribution is 14.0. The minimum absolute atomic E-state index is 0. The van der Waals surface area contributed by atoms with Crippen molar-refractivity contribution in [3.8, 4) is 11.5 Å². The van der Waals surface area contributed by atoms with Crippen LogP contribution < -0.4 is 20.1 Å². The second-order valence-electron chi connectivity index (χ2n) is 5.84. The molecule has 1 aromatic carbocycles. The van der Waals surface area contributed by atoms with E-state index in [1.807, 2.05) is 31.2 Å². The van der Waals surface area contributed by atoms with Gasteiger partial charge in [0.05, 0.1) is 19.5 Å². The van der Waals surface area contributed by atoms with Crippen molar-refractivity contribution in [3.05, 3.63) is 24.3 Å². The monoisotopic (exact) mass is 499 g/mol. The Morgan fingerprint density at radius 3 is 2.62 bits per heavy atom. The second-order valence-corrected chi connectivity index (χ2v) is 8.10. The van der Waals surface area contributed by atoms with Crippen LogP contribution in [0.4, 0.5) is 0 Å². The number of guanidine groups is 1. The fraction of sp³-hybridized carbons (Fsp3) is 0.588. The first-order valence-electron chi connectivity index (χ1n) is 8.26. The van der Waals surface area contributed by atoms with E-state index in [1.54, 1.807) is 14.2 Å². The zero-order chi connectivity index (χ0) is 18.7. The normalized spacial score (nSPS) is 12.7. The molecule has 0 spiro atoms. The van der Waals surface area contributed by atoms with Gasteiger partial charge in [0.25, 0.3) is 0 Å². The molecular weight excluding hydrogens is 469 g/mol. The van der Waals surface area contributed by atoms with Gasteiger partial charge >= 0.3 is 0 Å². The van der Waals surface area contributed by atoms with E-state index in [9.17, 15) is 8.42 Å². The van der Waals surface area contributed by atoms with Crippen molar-refractivity contribution in [1.29, 1.82) is 0 Å². The van der Waals surface area contributed by atoms with Crippen LogP contribution in [0.15, 0.2) is 29.3 Å². The minimum atomic E-state index is -2.94. The molecule has 1 rings (SSSR count). The van der Waals surface area contributed by atoms with Crippen LogP contribution in [-0.4, -0.2) is 59.7 Å². The van der Waals surface area contributed by atoms with Gasteiger partial charge in [0.1, 0.15) is 21.3 Å². The Hall–Kier alpha value is -1.23. The molecule has 1 unspecified atom stereocenters. The number of ether oxygens (including phenoxy) is 2. The molecular formula is C17H30IN3O4S. The smallest absolute Gasteiger partial charge is 0.191 e. The Bertz CT molecular complexity index is 653. The van der Waals surface area contributed by atoms with Gasteiger partial charge in [-0.25, -0.2) is 8.42 Å². The maximum atomic E-state index is 11.2. The highest BCUT2D eigenvalue weighted by Gasteiger charge is 2.09. The molecule has 150 valence electrons. The Morgan fingerprint density at radius 1 is 1.31 bits per heavy atom. The predicted octanol–water partition coefficient (Wildman–Crippen LogP) is 2.07. The molecule has 0 fully saturated rings. The van der Waals surface area contributed by atoms with Crippen molar-refractivity contribution in [1.82, 2.24) is 10.6 Å². The molecule has 0 aliphatic carbocycles. The van der Waals surface area contributed by atoms with Crippen molar-refractivity contribution < 1.29 is 17.9 Å². The molecule has 0 saturated carbocycles. The maximum absolute atomic E-state index is 11.2. The molecule has 0 bridgehead atoms. The van der Waals surface area contributed by atoms with E-state index in [4.69, 9.17) is 9.47 Å². The molecule has 0 aliphatic heterocycles. The molecule has 7 nitrogen and oxygen atoms in total. The van der Waals surface area contributed by atoms with E-state index in [-0.39, 0.29) is 35.8 Å². The summed E-state index contributed by atoms with van der Waals surface area (Å²) >= 11 is 0. The van der Waals surface area contributed by atoms with Crippen molar-refractivity contribution in [2.75, 3.05) is 39.3 Å². The van der Waals surface area contributed by atoms with Gasteiger partial charge in [-0.3, -0.25) is 4.99 Å². The van der Waals surface area contributed by atoms with Gasteiger partial charge in [-0.15, -0.1) is 24.0 Å². The fourth-order valence-electron chi connectivity index (χ4n) is 2.05. The molecule has 0 heterocycles. The number of rotatable bonds is 10. The van der Waals surface area contributed by atoms with Crippen LogP contribution >= 0.6 is 24.0 Å². The fourth-order valence-corrected chi connectivity index (χ4v) is 2.83. The topological polar surface area (TPSA) is 89.0 Å². The Morgan fingerprint density at radius 2 is 2.00 bits per heavy atom. The molecule has 0 aromatic heterocycles. The Balaban J connectivity index is 0.00000625. The average molecular weight is 499 g/mol. The third-order valence-corrected chi connectivity index (χ3v) is 4.43. The molecule has 2 N–H and O–H groups in total. The van der Waals surface area contributed by atoms with E-state index in [1.165, 1.54) is 6.26 Å². The second kappa shape index (κ2) is 13.0. The zero-order valence-corrected chi connectivity index (χ0v) is 19.0. The number of nitrogens with zero attached hydrogens (tertiary/aromatic N) is 1. The van der Waals surface area contributed by atoms with Gasteiger partial charge in [0.15, 0.2) is 5.96 Å². The predicted molar refractivity (Wildman–Crippen MR) is 117 cm³/mol. The standard InChI is InChI=1S/C17H29N3O4S.HI/c1-14(9-12-25(4,21)22)20-17(18-2)19-10-6-11-24-16-8-5-7-15(13-16)23-3;/h5,7-8,13-14H,6,9-12H2,1-4H3,(H2,18,19,20);1H. The lowest BCUT2D eigenvalue weighted by molar-refractivity contribution is 0.308. The van der Waals surface area contributed by atoms with Gasteiger partial charge in [-0.05, 0) is 31.9 Å². The molecule has 0 amide bonds. The van der Waals surface area contributed by atoms with Crippen molar-refractivity contribution in [2.24, 2.45) is 4.99 Å². The van der Waals surface area contributed by atoms with Gasteiger partial charge < -0.3 is 20.1 Å². The highest BCUT2D eigenvalue weighted by Crippen LogP contribution is 2.18. The molecule has 1 aromatic rings. The number of aliphatic imine (C=N–C) groups is 1. The number of sulfone groups is 1. The molecule has 26 heavy (non-hydrogen) atoms. The van der Waals surface area contributed by atoms with Gasteiger partial charge in [-0.2, -0.15) is 0 Å². The molecule has 1 atom stereocenters. The van der Waals surface area contributed by atoms with Gasteiger partial charge in [-0.1, -0.05) is 6.07 Å². The number of halogens is 1. The molecule has 0 saturated heterocycles. The zero-order valence-electron chi connectivity index (χ0n) is 15.8. The summed E-state index contributed by atoms with van der Waals surface area (Å²) in [5.41, 5.74) is 0. The van der Waals surface area contributed by atoms with Crippen molar-refractivity contribution in [2.45, 2.75) is 25.8 Å². The summed E-state index contributed by atoms with van der Waals surface area (Å²) in [6.07, 6.45) is 2.59. The van der Waals surface area contributed by atoms with Crippen LogP contribution in [0, 0.1) is 0 Å². The van der Waals surface area contributed by atoms with Gasteiger partial charge in [0.2, 0.25) is 0 Å². The van der Waals surface area contributed by atoms with Crippen LogP contribution in [-0.2, 0) is 9.84 Å². The van der Waals surface area contributed by atoms with E-state index in [0.29, 0.717) is 25.5 Å². The lowest BCUT2D eigenvalue weighted by Gasteiger charge is -2.17. The summed E-state index contributed by atoms with van der Waals surface area (Å²) in [6, 6.07) is 7.51. The van der Waals surface area contributed by atoms with Crippen molar-refractivity contribution >= 4 is 39.8 Å². The number of methoxy groups -OCH3 is 1. The summed E-state index contributed by atoms with van der Waals surface area (Å²) in [6.45, 7) is 3.20. The van der Waals surface area contributed by atoms with Gasteiger partial charge in [0, 0.05) is 32.0 Å². The van der Waals surface area contributed by atoms with Crippen LogP contribution in [0.5, 0.6) is 11.5 Å². The summed E-state index contributed by atoms with van der Waals surface area (Å²) in [5.74, 6) is 2.36. The molecule has 9 heteroatoms. The lowest BCUT2D eigenvalue weighted by Crippen LogP contribution is -2.43. The largest absolute Gasteiger partial charge is 0.497 e. The van der Waals surface area contributed by atoms with E-state index >= 15 is 0 Å². The first-order valence-corrected chi connectivity index (χ1v) is 10.3.